The summed E-state index contributed by atoms with van der Waals surface area (Å²) in [5.41, 5.74) is 5.60. The fourth-order valence-electron chi connectivity index (χ4n) is 4.53. The Hall–Kier alpha value is -4.69. The highest BCUT2D eigenvalue weighted by molar-refractivity contribution is 5.83. The molecule has 0 saturated carbocycles. The molecule has 0 unspecified atom stereocenters. The van der Waals surface area contributed by atoms with Crippen molar-refractivity contribution in [1.29, 1.82) is 0 Å². The molecule has 8 heteroatoms. The summed E-state index contributed by atoms with van der Waals surface area (Å²) < 4.78 is 18.9. The Labute approximate surface area is 212 Å². The Balaban J connectivity index is 1.53. The zero-order valence-corrected chi connectivity index (χ0v) is 20.4. The number of para-hydroxylation sites is 1. The van der Waals surface area contributed by atoms with E-state index in [2.05, 4.69) is 10.1 Å². The molecule has 0 bridgehead atoms. The van der Waals surface area contributed by atoms with Crippen molar-refractivity contribution in [2.75, 3.05) is 7.11 Å². The van der Waals surface area contributed by atoms with Crippen LogP contribution in [-0.2, 0) is 18.0 Å². The molecule has 0 spiro atoms. The van der Waals surface area contributed by atoms with Crippen molar-refractivity contribution in [3.63, 3.8) is 0 Å². The van der Waals surface area contributed by atoms with E-state index in [1.54, 1.807) is 19.2 Å². The Morgan fingerprint density at radius 2 is 1.65 bits per heavy atom. The Kier molecular flexibility index (Phi) is 5.78. The lowest BCUT2D eigenvalue weighted by Gasteiger charge is -2.09. The number of oxazole rings is 1. The summed E-state index contributed by atoms with van der Waals surface area (Å²) in [7, 11) is 1.57. The molecule has 1 N–H and O–H groups in total. The summed E-state index contributed by atoms with van der Waals surface area (Å²) in [6.07, 6.45) is 0. The summed E-state index contributed by atoms with van der Waals surface area (Å²) in [5.74, 6) is 0.726. The first-order valence-electron chi connectivity index (χ1n) is 11.9. The van der Waals surface area contributed by atoms with Crippen LogP contribution in [0.15, 0.2) is 88.1 Å². The molecule has 0 atom stereocenters. The minimum atomic E-state index is -0.320. The van der Waals surface area contributed by atoms with E-state index in [4.69, 9.17) is 18.9 Å². The largest absolute Gasteiger partial charge is 0.494 e. The van der Waals surface area contributed by atoms with E-state index in [9.17, 15) is 4.79 Å². The van der Waals surface area contributed by atoms with Gasteiger partial charge in [-0.2, -0.15) is 0 Å². The predicted octanol–water partition coefficient (Wildman–Crippen LogP) is 5.53. The van der Waals surface area contributed by atoms with Crippen molar-refractivity contribution >= 4 is 16.7 Å². The van der Waals surface area contributed by atoms with Crippen LogP contribution in [-0.4, -0.2) is 26.7 Å². The summed E-state index contributed by atoms with van der Waals surface area (Å²) in [5, 5.41) is 3.18. The SMILES string of the molecule is COc1cccc2oc(-c3c(COCc4ccccc4)nc4c(-c5ccccc5)c(C)[nH]n4c3=O)nc12. The van der Waals surface area contributed by atoms with Crippen LogP contribution >= 0.6 is 0 Å². The van der Waals surface area contributed by atoms with E-state index in [0.717, 1.165) is 22.4 Å². The van der Waals surface area contributed by atoms with Crippen LogP contribution in [0.5, 0.6) is 5.75 Å². The van der Waals surface area contributed by atoms with Crippen molar-refractivity contribution in [2.45, 2.75) is 20.1 Å². The maximum absolute atomic E-state index is 13.9. The van der Waals surface area contributed by atoms with Crippen LogP contribution in [0.25, 0.3) is 39.3 Å². The van der Waals surface area contributed by atoms with Gasteiger partial charge in [0.05, 0.1) is 26.0 Å². The maximum atomic E-state index is 13.9. The number of ether oxygens (including phenoxy) is 2. The van der Waals surface area contributed by atoms with Crippen LogP contribution in [0.3, 0.4) is 0 Å². The molecule has 3 heterocycles. The first-order valence-corrected chi connectivity index (χ1v) is 11.9. The first kappa shape index (κ1) is 22.8. The maximum Gasteiger partial charge on any atom is 0.285 e. The number of aromatic nitrogens is 4. The molecule has 0 fully saturated rings. The number of hydrogen-bond donors (Lipinski definition) is 1. The Morgan fingerprint density at radius 3 is 2.41 bits per heavy atom. The second-order valence-corrected chi connectivity index (χ2v) is 8.68. The van der Waals surface area contributed by atoms with Crippen molar-refractivity contribution in [3.8, 4) is 28.3 Å². The van der Waals surface area contributed by atoms with Crippen LogP contribution in [0, 0.1) is 6.92 Å². The van der Waals surface area contributed by atoms with Crippen LogP contribution in [0.2, 0.25) is 0 Å². The van der Waals surface area contributed by atoms with Crippen LogP contribution in [0.1, 0.15) is 17.0 Å². The lowest BCUT2D eigenvalue weighted by Crippen LogP contribution is -2.21. The molecule has 37 heavy (non-hydrogen) atoms. The van der Waals surface area contributed by atoms with E-state index < -0.39 is 0 Å². The zero-order chi connectivity index (χ0) is 25.4. The molecule has 3 aromatic carbocycles. The number of fused-ring (bicyclic) bond motifs is 2. The van der Waals surface area contributed by atoms with Gasteiger partial charge in [0.15, 0.2) is 16.7 Å². The number of aryl methyl sites for hydroxylation is 1. The average Bonchev–Trinajstić information content (AvgIpc) is 3.50. The molecule has 0 radical (unpaired) electrons. The number of H-pyrrole nitrogens is 1. The average molecular weight is 493 g/mol. The summed E-state index contributed by atoms with van der Waals surface area (Å²) in [6, 6.07) is 25.1. The molecule has 0 saturated heterocycles. The number of hydrogen-bond acceptors (Lipinski definition) is 6. The van der Waals surface area contributed by atoms with Gasteiger partial charge in [-0.05, 0) is 30.2 Å². The first-order chi connectivity index (χ1) is 18.1. The quantitative estimate of drug-likeness (QED) is 0.315. The lowest BCUT2D eigenvalue weighted by molar-refractivity contribution is 0.105. The van der Waals surface area contributed by atoms with Crippen molar-refractivity contribution in [3.05, 3.63) is 106 Å². The van der Waals surface area contributed by atoms with E-state index in [0.29, 0.717) is 34.8 Å². The standard InChI is InChI=1S/C29H24N4O4/c1-18-24(20-12-7-4-8-13-20)27-30-21(17-36-16-19-10-5-3-6-11-19)25(29(34)33(27)32-18)28-31-26-22(35-2)14-9-15-23(26)37-28/h3-15,32H,16-17H2,1-2H3. The fourth-order valence-corrected chi connectivity index (χ4v) is 4.53. The van der Waals surface area contributed by atoms with Gasteiger partial charge in [0, 0.05) is 11.3 Å². The molecule has 0 amide bonds. The molecule has 6 rings (SSSR count). The number of aromatic amines is 1. The van der Waals surface area contributed by atoms with Crippen molar-refractivity contribution < 1.29 is 13.9 Å². The summed E-state index contributed by atoms with van der Waals surface area (Å²) in [4.78, 5) is 23.5. The second-order valence-electron chi connectivity index (χ2n) is 8.68. The fraction of sp³-hybridized carbons (Fsp3) is 0.138. The highest BCUT2D eigenvalue weighted by Gasteiger charge is 2.24. The van der Waals surface area contributed by atoms with Crippen molar-refractivity contribution in [1.82, 2.24) is 19.6 Å². The van der Waals surface area contributed by atoms with Gasteiger partial charge in [0.25, 0.3) is 5.56 Å². The minimum absolute atomic E-state index is 0.101. The van der Waals surface area contributed by atoms with Gasteiger partial charge in [-0.15, -0.1) is 0 Å². The Bertz CT molecular complexity index is 1770. The number of rotatable bonds is 7. The smallest absolute Gasteiger partial charge is 0.285 e. The summed E-state index contributed by atoms with van der Waals surface area (Å²) >= 11 is 0. The van der Waals surface area contributed by atoms with Gasteiger partial charge in [0.2, 0.25) is 5.89 Å². The topological polar surface area (TPSA) is 94.6 Å². The highest BCUT2D eigenvalue weighted by atomic mass is 16.5. The van der Waals surface area contributed by atoms with Crippen molar-refractivity contribution in [2.24, 2.45) is 0 Å². The molecule has 0 aliphatic rings. The third-order valence-corrected chi connectivity index (χ3v) is 6.26. The third kappa shape index (κ3) is 4.07. The normalized spacial score (nSPS) is 11.4. The van der Waals surface area contributed by atoms with Gasteiger partial charge < -0.3 is 13.9 Å². The van der Waals surface area contributed by atoms with E-state index in [1.807, 2.05) is 73.7 Å². The van der Waals surface area contributed by atoms with E-state index in [-0.39, 0.29) is 23.6 Å². The minimum Gasteiger partial charge on any atom is -0.494 e. The monoisotopic (exact) mass is 492 g/mol. The van der Waals surface area contributed by atoms with E-state index in [1.165, 1.54) is 4.52 Å². The molecule has 0 aliphatic heterocycles. The van der Waals surface area contributed by atoms with Gasteiger partial charge in [0.1, 0.15) is 11.3 Å². The van der Waals surface area contributed by atoms with Gasteiger partial charge in [-0.1, -0.05) is 66.7 Å². The number of benzene rings is 3. The third-order valence-electron chi connectivity index (χ3n) is 6.26. The van der Waals surface area contributed by atoms with Gasteiger partial charge in [-0.25, -0.2) is 14.5 Å². The molecule has 8 nitrogen and oxygen atoms in total. The van der Waals surface area contributed by atoms with Gasteiger partial charge in [-0.3, -0.25) is 9.89 Å². The molecule has 3 aromatic heterocycles. The predicted molar refractivity (Wildman–Crippen MR) is 140 cm³/mol. The number of nitrogens with one attached hydrogen (secondary N) is 1. The zero-order valence-electron chi connectivity index (χ0n) is 20.4. The second kappa shape index (κ2) is 9.40. The van der Waals surface area contributed by atoms with Gasteiger partial charge >= 0.3 is 0 Å². The highest BCUT2D eigenvalue weighted by Crippen LogP contribution is 2.32. The molecular formula is C29H24N4O4. The van der Waals surface area contributed by atoms with Crippen LogP contribution < -0.4 is 10.3 Å². The molecule has 0 aliphatic carbocycles. The van der Waals surface area contributed by atoms with Crippen LogP contribution in [0.4, 0.5) is 0 Å². The summed E-state index contributed by atoms with van der Waals surface area (Å²) in [6.45, 7) is 2.40. The molecular weight excluding hydrogens is 468 g/mol. The lowest BCUT2D eigenvalue weighted by atomic mass is 10.1. The molecule has 6 aromatic rings. The Morgan fingerprint density at radius 1 is 0.892 bits per heavy atom. The molecule has 184 valence electrons. The number of methoxy groups -OCH3 is 1. The number of nitrogens with zero attached hydrogens (tertiary/aromatic N) is 3. The van der Waals surface area contributed by atoms with E-state index >= 15 is 0 Å².